The van der Waals surface area contributed by atoms with Gasteiger partial charge in [-0.25, -0.2) is 0 Å². The van der Waals surface area contributed by atoms with Gasteiger partial charge in [-0.1, -0.05) is 11.6 Å². The Morgan fingerprint density at radius 3 is 2.88 bits per heavy atom. The van der Waals surface area contributed by atoms with Crippen molar-refractivity contribution >= 4 is 11.6 Å². The third kappa shape index (κ3) is 2.60. The summed E-state index contributed by atoms with van der Waals surface area (Å²) in [7, 11) is 0. The molecule has 4 heteroatoms. The fraction of sp³-hybridized carbons (Fsp3) is 0.500. The van der Waals surface area contributed by atoms with Crippen LogP contribution in [0.1, 0.15) is 18.9 Å². The van der Waals surface area contributed by atoms with Gasteiger partial charge in [0.1, 0.15) is 0 Å². The van der Waals surface area contributed by atoms with Gasteiger partial charge in [-0.2, -0.15) is 0 Å². The molecule has 16 heavy (non-hydrogen) atoms. The van der Waals surface area contributed by atoms with Gasteiger partial charge in [0, 0.05) is 12.5 Å². The summed E-state index contributed by atoms with van der Waals surface area (Å²) in [5.74, 6) is 1.40. The van der Waals surface area contributed by atoms with Crippen molar-refractivity contribution in [2.45, 2.75) is 25.8 Å². The quantitative estimate of drug-likeness (QED) is 0.865. The lowest BCUT2D eigenvalue weighted by Gasteiger charge is -2.12. The molecule has 1 heterocycles. The molecule has 1 aromatic rings. The number of hydrogen-bond acceptors (Lipinski definition) is 3. The molecule has 1 aliphatic rings. The van der Waals surface area contributed by atoms with Gasteiger partial charge in [0.15, 0.2) is 11.5 Å². The molecule has 88 valence electrons. The monoisotopic (exact) mass is 241 g/mol. The average Bonchev–Trinajstić information content (AvgIpc) is 2.41. The summed E-state index contributed by atoms with van der Waals surface area (Å²) in [6, 6.07) is 3.98. The molecule has 0 saturated carbocycles. The standard InChI is InChI=1S/C12H16ClNO2/c1-8(14)5-9-6-10(13)12-11(7-9)15-3-2-4-16-12/h6-8H,2-5,14H2,1H3/t8-/m1/s1. The SMILES string of the molecule is C[C@@H](N)Cc1cc(Cl)c2c(c1)OCCCO2. The Balaban J connectivity index is 2.32. The Kier molecular flexibility index (Phi) is 3.56. The highest BCUT2D eigenvalue weighted by atomic mass is 35.5. The zero-order valence-corrected chi connectivity index (χ0v) is 10.1. The van der Waals surface area contributed by atoms with Crippen LogP contribution in [0.4, 0.5) is 0 Å². The molecule has 0 aromatic heterocycles. The van der Waals surface area contributed by atoms with Crippen LogP contribution in [0.5, 0.6) is 11.5 Å². The number of hydrogen-bond donors (Lipinski definition) is 1. The molecule has 2 rings (SSSR count). The fourth-order valence-electron chi connectivity index (χ4n) is 1.77. The normalized spacial score (nSPS) is 16.7. The summed E-state index contributed by atoms with van der Waals surface area (Å²) in [6.07, 6.45) is 1.67. The number of benzene rings is 1. The fourth-order valence-corrected chi connectivity index (χ4v) is 2.06. The molecule has 1 aromatic carbocycles. The van der Waals surface area contributed by atoms with Crippen LogP contribution in [0.25, 0.3) is 0 Å². The minimum atomic E-state index is 0.112. The lowest BCUT2D eigenvalue weighted by Crippen LogP contribution is -2.17. The van der Waals surface area contributed by atoms with E-state index in [0.717, 1.165) is 24.2 Å². The maximum absolute atomic E-state index is 6.16. The van der Waals surface area contributed by atoms with Crippen molar-refractivity contribution in [2.24, 2.45) is 5.73 Å². The van der Waals surface area contributed by atoms with Gasteiger partial charge in [-0.05, 0) is 31.0 Å². The number of fused-ring (bicyclic) bond motifs is 1. The molecule has 1 aliphatic heterocycles. The van der Waals surface area contributed by atoms with E-state index in [4.69, 9.17) is 26.8 Å². The Labute approximate surface area is 100 Å². The number of halogens is 1. The zero-order valence-electron chi connectivity index (χ0n) is 9.33. The van der Waals surface area contributed by atoms with Crippen molar-refractivity contribution in [3.8, 4) is 11.5 Å². The molecule has 0 aliphatic carbocycles. The van der Waals surface area contributed by atoms with Gasteiger partial charge in [0.05, 0.1) is 18.2 Å². The van der Waals surface area contributed by atoms with Crippen molar-refractivity contribution in [3.63, 3.8) is 0 Å². The third-order valence-corrected chi connectivity index (χ3v) is 2.70. The van der Waals surface area contributed by atoms with Crippen LogP contribution in [0.2, 0.25) is 5.02 Å². The lowest BCUT2D eigenvalue weighted by molar-refractivity contribution is 0.297. The van der Waals surface area contributed by atoms with Gasteiger partial charge in [-0.3, -0.25) is 0 Å². The minimum Gasteiger partial charge on any atom is -0.489 e. The summed E-state index contributed by atoms with van der Waals surface area (Å²) >= 11 is 6.16. The highest BCUT2D eigenvalue weighted by Gasteiger charge is 2.15. The average molecular weight is 242 g/mol. The molecule has 0 amide bonds. The summed E-state index contributed by atoms with van der Waals surface area (Å²) in [5, 5.41) is 0.607. The molecule has 0 bridgehead atoms. The van der Waals surface area contributed by atoms with Crippen LogP contribution in [-0.4, -0.2) is 19.3 Å². The summed E-state index contributed by atoms with van der Waals surface area (Å²) in [4.78, 5) is 0. The zero-order chi connectivity index (χ0) is 11.5. The van der Waals surface area contributed by atoms with E-state index in [0.29, 0.717) is 24.0 Å². The van der Waals surface area contributed by atoms with E-state index in [9.17, 15) is 0 Å². The molecule has 0 saturated heterocycles. The summed E-state index contributed by atoms with van der Waals surface area (Å²) in [6.45, 7) is 3.29. The van der Waals surface area contributed by atoms with Crippen LogP contribution < -0.4 is 15.2 Å². The largest absolute Gasteiger partial charge is 0.489 e. The Morgan fingerprint density at radius 2 is 2.12 bits per heavy atom. The molecule has 1 atom stereocenters. The third-order valence-electron chi connectivity index (χ3n) is 2.42. The highest BCUT2D eigenvalue weighted by molar-refractivity contribution is 6.32. The van der Waals surface area contributed by atoms with Crippen LogP contribution in [0.15, 0.2) is 12.1 Å². The van der Waals surface area contributed by atoms with Gasteiger partial charge in [0.2, 0.25) is 0 Å². The van der Waals surface area contributed by atoms with Gasteiger partial charge < -0.3 is 15.2 Å². The Hall–Kier alpha value is -0.930. The second-order valence-electron chi connectivity index (χ2n) is 4.14. The molecule has 0 unspecified atom stereocenters. The van der Waals surface area contributed by atoms with Crippen molar-refractivity contribution in [3.05, 3.63) is 22.7 Å². The molecule has 0 radical (unpaired) electrons. The molecule has 3 nitrogen and oxygen atoms in total. The van der Waals surface area contributed by atoms with Crippen molar-refractivity contribution in [1.29, 1.82) is 0 Å². The number of ether oxygens (including phenoxy) is 2. The van der Waals surface area contributed by atoms with E-state index in [1.807, 2.05) is 19.1 Å². The first-order chi connectivity index (χ1) is 7.66. The van der Waals surface area contributed by atoms with E-state index >= 15 is 0 Å². The smallest absolute Gasteiger partial charge is 0.179 e. The molecule has 0 fully saturated rings. The van der Waals surface area contributed by atoms with E-state index < -0.39 is 0 Å². The Morgan fingerprint density at radius 1 is 1.38 bits per heavy atom. The van der Waals surface area contributed by atoms with E-state index in [1.54, 1.807) is 0 Å². The van der Waals surface area contributed by atoms with Crippen molar-refractivity contribution in [2.75, 3.05) is 13.2 Å². The van der Waals surface area contributed by atoms with Gasteiger partial charge in [-0.15, -0.1) is 0 Å². The molecule has 0 spiro atoms. The first-order valence-electron chi connectivity index (χ1n) is 5.50. The predicted molar refractivity (Wildman–Crippen MR) is 64.4 cm³/mol. The van der Waals surface area contributed by atoms with Gasteiger partial charge in [0.25, 0.3) is 0 Å². The summed E-state index contributed by atoms with van der Waals surface area (Å²) < 4.78 is 11.2. The van der Waals surface area contributed by atoms with Crippen LogP contribution in [0.3, 0.4) is 0 Å². The van der Waals surface area contributed by atoms with Crippen LogP contribution in [-0.2, 0) is 6.42 Å². The molecular weight excluding hydrogens is 226 g/mol. The second-order valence-corrected chi connectivity index (χ2v) is 4.54. The van der Waals surface area contributed by atoms with Crippen molar-refractivity contribution in [1.82, 2.24) is 0 Å². The van der Waals surface area contributed by atoms with E-state index in [-0.39, 0.29) is 6.04 Å². The molecular formula is C12H16ClNO2. The topological polar surface area (TPSA) is 44.5 Å². The van der Waals surface area contributed by atoms with Crippen molar-refractivity contribution < 1.29 is 9.47 Å². The number of rotatable bonds is 2. The lowest BCUT2D eigenvalue weighted by atomic mass is 10.1. The summed E-state index contributed by atoms with van der Waals surface area (Å²) in [5.41, 5.74) is 6.85. The van der Waals surface area contributed by atoms with E-state index in [2.05, 4.69) is 0 Å². The van der Waals surface area contributed by atoms with Crippen LogP contribution >= 0.6 is 11.6 Å². The number of nitrogens with two attached hydrogens (primary N) is 1. The Bertz CT molecular complexity index is 380. The minimum absolute atomic E-state index is 0.112. The first kappa shape index (κ1) is 11.6. The second kappa shape index (κ2) is 4.93. The molecule has 2 N–H and O–H groups in total. The predicted octanol–water partition coefficient (Wildman–Crippen LogP) is 2.39. The maximum atomic E-state index is 6.16. The van der Waals surface area contributed by atoms with E-state index in [1.165, 1.54) is 0 Å². The van der Waals surface area contributed by atoms with Crippen LogP contribution in [0, 0.1) is 0 Å². The highest BCUT2D eigenvalue weighted by Crippen LogP contribution is 2.38. The maximum Gasteiger partial charge on any atom is 0.179 e. The van der Waals surface area contributed by atoms with Gasteiger partial charge >= 0.3 is 0 Å². The first-order valence-corrected chi connectivity index (χ1v) is 5.88.